The minimum absolute atomic E-state index is 0.0686. The fraction of sp³-hybridized carbons (Fsp3) is 0.235. The van der Waals surface area contributed by atoms with Crippen molar-refractivity contribution in [1.82, 2.24) is 0 Å². The molecule has 0 radical (unpaired) electrons. The smallest absolute Gasteiger partial charge is 0.185 e. The number of aliphatic hydroxyl groups is 2. The zero-order valence-electron chi connectivity index (χ0n) is 11.3. The fourth-order valence-corrected chi connectivity index (χ4v) is 2.74. The first kappa shape index (κ1) is 13.8. The van der Waals surface area contributed by atoms with Crippen molar-refractivity contribution in [1.29, 1.82) is 0 Å². The van der Waals surface area contributed by atoms with Crippen LogP contribution in [-0.4, -0.2) is 28.4 Å². The van der Waals surface area contributed by atoms with Crippen LogP contribution in [0.15, 0.2) is 59.9 Å². The summed E-state index contributed by atoms with van der Waals surface area (Å²) in [6, 6.07) is 9.52. The molecule has 2 aliphatic rings. The molecule has 1 aliphatic carbocycles. The maximum atomic E-state index is 12.0. The van der Waals surface area contributed by atoms with E-state index in [9.17, 15) is 15.0 Å². The lowest BCUT2D eigenvalue weighted by atomic mass is 9.84. The van der Waals surface area contributed by atoms with Crippen molar-refractivity contribution in [3.8, 4) is 0 Å². The van der Waals surface area contributed by atoms with E-state index in [0.717, 1.165) is 5.56 Å². The molecular weight excluding hydrogens is 268 g/mol. The van der Waals surface area contributed by atoms with Crippen molar-refractivity contribution >= 4 is 11.9 Å². The monoisotopic (exact) mass is 284 g/mol. The Hall–Kier alpha value is -2.17. The van der Waals surface area contributed by atoms with Gasteiger partial charge in [-0.05, 0) is 17.7 Å². The Bertz CT molecular complexity index is 627. The number of ether oxygens (including phenoxy) is 1. The summed E-state index contributed by atoms with van der Waals surface area (Å²) in [5, 5.41) is 19.8. The molecule has 1 heterocycles. The van der Waals surface area contributed by atoms with Crippen molar-refractivity contribution < 1.29 is 19.7 Å². The highest BCUT2D eigenvalue weighted by Crippen LogP contribution is 2.37. The largest absolute Gasteiger partial charge is 0.508 e. The van der Waals surface area contributed by atoms with Gasteiger partial charge in [-0.15, -0.1) is 0 Å². The molecule has 1 saturated heterocycles. The fourth-order valence-electron chi connectivity index (χ4n) is 2.74. The normalized spacial score (nSPS) is 30.7. The molecule has 108 valence electrons. The number of hydrogen-bond acceptors (Lipinski definition) is 4. The van der Waals surface area contributed by atoms with Crippen LogP contribution in [0, 0.1) is 5.92 Å². The molecule has 1 fully saturated rings. The molecule has 0 bridgehead atoms. The third-order valence-corrected chi connectivity index (χ3v) is 3.75. The summed E-state index contributed by atoms with van der Waals surface area (Å²) in [6.07, 6.45) is 5.37. The molecule has 0 aromatic heterocycles. The number of carbonyl (C=O) groups excluding carboxylic acids is 1. The van der Waals surface area contributed by atoms with Gasteiger partial charge in [-0.1, -0.05) is 42.5 Å². The van der Waals surface area contributed by atoms with Crippen molar-refractivity contribution in [2.75, 3.05) is 0 Å². The predicted octanol–water partition coefficient (Wildman–Crippen LogP) is 2.37. The molecule has 3 atom stereocenters. The van der Waals surface area contributed by atoms with Crippen molar-refractivity contribution in [2.45, 2.75) is 18.8 Å². The van der Waals surface area contributed by atoms with E-state index < -0.39 is 6.29 Å². The van der Waals surface area contributed by atoms with E-state index in [0.29, 0.717) is 12.0 Å². The average molecular weight is 284 g/mol. The van der Waals surface area contributed by atoms with Gasteiger partial charge in [0.15, 0.2) is 12.1 Å². The van der Waals surface area contributed by atoms with Gasteiger partial charge in [-0.2, -0.15) is 0 Å². The van der Waals surface area contributed by atoms with E-state index in [1.54, 1.807) is 12.2 Å². The van der Waals surface area contributed by atoms with E-state index in [4.69, 9.17) is 4.74 Å². The SMILES string of the molecule is O=C1C=C[C@@H]2OC(O)C[C@@H]2/C1=C(O)\C=C\c1ccccc1. The second kappa shape index (κ2) is 5.68. The number of hydrogen-bond donors (Lipinski definition) is 2. The summed E-state index contributed by atoms with van der Waals surface area (Å²) in [6.45, 7) is 0. The summed E-state index contributed by atoms with van der Waals surface area (Å²) < 4.78 is 5.30. The highest BCUT2D eigenvalue weighted by molar-refractivity contribution is 6.06. The van der Waals surface area contributed by atoms with Crippen LogP contribution in [0.5, 0.6) is 0 Å². The Balaban J connectivity index is 1.90. The third kappa shape index (κ3) is 2.82. The number of benzene rings is 1. The number of fused-ring (bicyclic) bond motifs is 1. The number of aliphatic hydroxyl groups excluding tert-OH is 2. The molecular formula is C17H16O4. The summed E-state index contributed by atoms with van der Waals surface area (Å²) in [5.41, 5.74) is 1.24. The highest BCUT2D eigenvalue weighted by atomic mass is 16.6. The number of ketones is 1. The van der Waals surface area contributed by atoms with Crippen LogP contribution < -0.4 is 0 Å². The van der Waals surface area contributed by atoms with E-state index in [1.807, 2.05) is 30.3 Å². The van der Waals surface area contributed by atoms with Crippen LogP contribution >= 0.6 is 0 Å². The van der Waals surface area contributed by atoms with E-state index in [1.165, 1.54) is 12.2 Å². The summed E-state index contributed by atoms with van der Waals surface area (Å²) in [4.78, 5) is 12.0. The van der Waals surface area contributed by atoms with Crippen LogP contribution in [0.4, 0.5) is 0 Å². The zero-order valence-corrected chi connectivity index (χ0v) is 11.3. The van der Waals surface area contributed by atoms with Crippen LogP contribution in [0.25, 0.3) is 6.08 Å². The molecule has 1 unspecified atom stereocenters. The lowest BCUT2D eigenvalue weighted by molar-refractivity contribution is -0.113. The molecule has 0 amide bonds. The first-order valence-electron chi connectivity index (χ1n) is 6.87. The Kier molecular flexibility index (Phi) is 3.73. The van der Waals surface area contributed by atoms with Crippen LogP contribution in [0.2, 0.25) is 0 Å². The minimum atomic E-state index is -0.892. The predicted molar refractivity (Wildman–Crippen MR) is 78.3 cm³/mol. The molecule has 0 spiro atoms. The van der Waals surface area contributed by atoms with Crippen molar-refractivity contribution in [3.05, 3.63) is 65.5 Å². The maximum absolute atomic E-state index is 12.0. The minimum Gasteiger partial charge on any atom is -0.508 e. The van der Waals surface area contributed by atoms with Crippen molar-refractivity contribution in [3.63, 3.8) is 0 Å². The van der Waals surface area contributed by atoms with Gasteiger partial charge in [0.2, 0.25) is 0 Å². The molecule has 4 heteroatoms. The molecule has 1 aliphatic heterocycles. The lowest BCUT2D eigenvalue weighted by Gasteiger charge is -2.21. The van der Waals surface area contributed by atoms with Gasteiger partial charge in [0.25, 0.3) is 0 Å². The summed E-state index contributed by atoms with van der Waals surface area (Å²) in [7, 11) is 0. The lowest BCUT2D eigenvalue weighted by Crippen LogP contribution is -2.25. The summed E-state index contributed by atoms with van der Waals surface area (Å²) in [5.74, 6) is -0.594. The Labute approximate surface area is 122 Å². The van der Waals surface area contributed by atoms with Crippen molar-refractivity contribution in [2.24, 2.45) is 5.92 Å². The number of carbonyl (C=O) groups is 1. The molecule has 2 N–H and O–H groups in total. The van der Waals surface area contributed by atoms with Gasteiger partial charge in [-0.3, -0.25) is 4.79 Å². The second-order valence-electron chi connectivity index (χ2n) is 5.16. The summed E-state index contributed by atoms with van der Waals surface area (Å²) >= 11 is 0. The van der Waals surface area contributed by atoms with Crippen LogP contribution in [-0.2, 0) is 9.53 Å². The topological polar surface area (TPSA) is 66.8 Å². The van der Waals surface area contributed by atoms with Gasteiger partial charge in [0, 0.05) is 17.9 Å². The number of allylic oxidation sites excluding steroid dienone is 2. The van der Waals surface area contributed by atoms with Gasteiger partial charge < -0.3 is 14.9 Å². The average Bonchev–Trinajstić information content (AvgIpc) is 2.86. The standard InChI is InChI=1S/C17H16O4/c18-13(7-6-11-4-2-1-3-5-11)17-12-10-16(20)21-15(12)9-8-14(17)19/h1-9,12,15-16,18,20H,10H2/b7-6+,17-13-/t12-,15-,16?/m0/s1. The molecule has 3 rings (SSSR count). The molecule has 1 aromatic carbocycles. The molecule has 4 nitrogen and oxygen atoms in total. The molecule has 21 heavy (non-hydrogen) atoms. The Morgan fingerprint density at radius 1 is 1.29 bits per heavy atom. The third-order valence-electron chi connectivity index (χ3n) is 3.75. The molecule has 0 saturated carbocycles. The van der Waals surface area contributed by atoms with Crippen LogP contribution in [0.3, 0.4) is 0 Å². The first-order chi connectivity index (χ1) is 10.1. The van der Waals surface area contributed by atoms with E-state index in [2.05, 4.69) is 0 Å². The number of rotatable bonds is 2. The highest BCUT2D eigenvalue weighted by Gasteiger charge is 2.40. The maximum Gasteiger partial charge on any atom is 0.185 e. The molecule has 1 aromatic rings. The van der Waals surface area contributed by atoms with Gasteiger partial charge >= 0.3 is 0 Å². The first-order valence-corrected chi connectivity index (χ1v) is 6.87. The van der Waals surface area contributed by atoms with Gasteiger partial charge in [-0.25, -0.2) is 0 Å². The Morgan fingerprint density at radius 3 is 2.81 bits per heavy atom. The second-order valence-corrected chi connectivity index (χ2v) is 5.16. The van der Waals surface area contributed by atoms with Crippen LogP contribution in [0.1, 0.15) is 12.0 Å². The van der Waals surface area contributed by atoms with Gasteiger partial charge in [0.1, 0.15) is 5.76 Å². The Morgan fingerprint density at radius 2 is 2.05 bits per heavy atom. The van der Waals surface area contributed by atoms with Gasteiger partial charge in [0.05, 0.1) is 6.10 Å². The quantitative estimate of drug-likeness (QED) is 0.646. The zero-order chi connectivity index (χ0) is 14.8. The van der Waals surface area contributed by atoms with E-state index >= 15 is 0 Å². The van der Waals surface area contributed by atoms with E-state index in [-0.39, 0.29) is 23.6 Å².